The third kappa shape index (κ3) is 8.87. The second-order valence-corrected chi connectivity index (χ2v) is 11.8. The standard InChI is InChI=1S/C26H51N5O13/c27-3-2-12(34)13(35)7-10-6-11(28)24(22(40)23(10)43-26-21(39)16(29)18(36)15(9-33)42-26)44-25-17(30)20(38)19(37)14(41-25)8-31-4-1-5-32/h10-12,14-26,31-34,36-40H,1-9,27-30H2/t10-,11-,12-,14+,15+,16-,17+,18+,19+,20+,21+,22+,23-,24?,25+,26+/m0/s1. The predicted octanol–water partition coefficient (Wildman–Crippen LogP) is -7.35. The van der Waals surface area contributed by atoms with E-state index in [1.54, 1.807) is 0 Å². The summed E-state index contributed by atoms with van der Waals surface area (Å²) in [4.78, 5) is 12.8. The fraction of sp³-hybridized carbons (Fsp3) is 0.962. The summed E-state index contributed by atoms with van der Waals surface area (Å²) < 4.78 is 23.4. The van der Waals surface area contributed by atoms with Crippen molar-refractivity contribution in [3.05, 3.63) is 0 Å². The molecule has 2 heterocycles. The Kier molecular flexibility index (Phi) is 14.7. The third-order valence-corrected chi connectivity index (χ3v) is 8.54. The molecule has 1 unspecified atom stereocenters. The van der Waals surface area contributed by atoms with Crippen molar-refractivity contribution in [3.8, 4) is 0 Å². The lowest BCUT2D eigenvalue weighted by atomic mass is 9.76. The van der Waals surface area contributed by atoms with Crippen LogP contribution in [0, 0.1) is 5.92 Å². The van der Waals surface area contributed by atoms with Gasteiger partial charge in [-0.1, -0.05) is 0 Å². The Morgan fingerprint density at radius 2 is 1.52 bits per heavy atom. The molecule has 44 heavy (non-hydrogen) atoms. The molecule has 3 aliphatic rings. The Hall–Kier alpha value is -1.01. The van der Waals surface area contributed by atoms with Gasteiger partial charge < -0.3 is 88.1 Å². The minimum absolute atomic E-state index is 0.00762. The van der Waals surface area contributed by atoms with Gasteiger partial charge in [0.25, 0.3) is 0 Å². The van der Waals surface area contributed by atoms with Crippen molar-refractivity contribution in [2.24, 2.45) is 28.9 Å². The van der Waals surface area contributed by atoms with Crippen LogP contribution in [0.2, 0.25) is 0 Å². The highest BCUT2D eigenvalue weighted by Gasteiger charge is 2.52. The van der Waals surface area contributed by atoms with E-state index in [9.17, 15) is 40.5 Å². The van der Waals surface area contributed by atoms with E-state index in [0.29, 0.717) is 13.0 Å². The largest absolute Gasteiger partial charge is 0.396 e. The Morgan fingerprint density at radius 1 is 0.864 bits per heavy atom. The number of nitrogens with two attached hydrogens (primary N) is 4. The summed E-state index contributed by atoms with van der Waals surface area (Å²) >= 11 is 0. The van der Waals surface area contributed by atoms with E-state index in [2.05, 4.69) is 5.32 Å². The van der Waals surface area contributed by atoms with Gasteiger partial charge in [0.05, 0.1) is 24.8 Å². The van der Waals surface area contributed by atoms with E-state index in [1.807, 2.05) is 0 Å². The van der Waals surface area contributed by atoms with Gasteiger partial charge in [0.1, 0.15) is 54.9 Å². The molecule has 258 valence electrons. The van der Waals surface area contributed by atoms with Gasteiger partial charge in [-0.3, -0.25) is 4.79 Å². The number of Topliss-reactive ketones (excluding diaryl/α,β-unsaturated/α-hetero) is 1. The minimum Gasteiger partial charge on any atom is -0.396 e. The van der Waals surface area contributed by atoms with E-state index >= 15 is 0 Å². The SMILES string of the molecule is NCC[C@H](O)C(=O)C[C@@H]1C[C@H](N)C(O[C@H]2O[C@H](CNCCCO)[C@@H](O)[C@H](O)[C@H]2N)[C@H](O)[C@H]1O[C@H]1O[C@H](CO)[C@@H](O)[C@H](N)[C@H]1O. The molecule has 1 saturated carbocycles. The fourth-order valence-electron chi connectivity index (χ4n) is 5.85. The van der Waals surface area contributed by atoms with Crippen molar-refractivity contribution in [3.63, 3.8) is 0 Å². The predicted molar refractivity (Wildman–Crippen MR) is 150 cm³/mol. The maximum Gasteiger partial charge on any atom is 0.186 e. The van der Waals surface area contributed by atoms with Crippen molar-refractivity contribution in [2.75, 3.05) is 32.8 Å². The van der Waals surface area contributed by atoms with Crippen molar-refractivity contribution in [2.45, 2.75) is 117 Å². The zero-order chi connectivity index (χ0) is 32.7. The molecule has 0 aromatic heterocycles. The lowest BCUT2D eigenvalue weighted by Gasteiger charge is -2.49. The van der Waals surface area contributed by atoms with Gasteiger partial charge in [-0.2, -0.15) is 0 Å². The van der Waals surface area contributed by atoms with Crippen LogP contribution >= 0.6 is 0 Å². The average molecular weight is 642 g/mol. The minimum atomic E-state index is -1.62. The summed E-state index contributed by atoms with van der Waals surface area (Å²) in [6.07, 6.45) is -16.3. The Labute approximate surface area is 255 Å². The van der Waals surface area contributed by atoms with Gasteiger partial charge in [-0.05, 0) is 38.3 Å². The quantitative estimate of drug-likeness (QED) is 0.0738. The first-order valence-electron chi connectivity index (χ1n) is 15.0. The number of ketones is 1. The molecular formula is C26H51N5O13. The summed E-state index contributed by atoms with van der Waals surface area (Å²) in [5, 5.41) is 85.3. The second kappa shape index (κ2) is 17.2. The first kappa shape index (κ1) is 37.4. The lowest BCUT2D eigenvalue weighted by molar-refractivity contribution is -0.323. The zero-order valence-electron chi connectivity index (χ0n) is 24.5. The van der Waals surface area contributed by atoms with Crippen LogP contribution in [0.15, 0.2) is 0 Å². The van der Waals surface area contributed by atoms with Crippen LogP contribution in [-0.4, -0.2) is 171 Å². The van der Waals surface area contributed by atoms with Crippen LogP contribution in [0.25, 0.3) is 0 Å². The van der Waals surface area contributed by atoms with Crippen LogP contribution in [-0.2, 0) is 23.7 Å². The molecule has 2 saturated heterocycles. The number of carbonyl (C=O) groups excluding carboxylic acids is 1. The summed E-state index contributed by atoms with van der Waals surface area (Å²) in [7, 11) is 0. The van der Waals surface area contributed by atoms with E-state index in [4.69, 9.17) is 47.0 Å². The number of hydrogen-bond acceptors (Lipinski definition) is 18. The van der Waals surface area contributed by atoms with Gasteiger partial charge >= 0.3 is 0 Å². The first-order chi connectivity index (χ1) is 20.9. The number of nitrogens with one attached hydrogen (secondary N) is 1. The van der Waals surface area contributed by atoms with Gasteiger partial charge in [-0.25, -0.2) is 0 Å². The molecule has 0 aromatic carbocycles. The van der Waals surface area contributed by atoms with Crippen LogP contribution in [0.3, 0.4) is 0 Å². The van der Waals surface area contributed by atoms with E-state index in [0.717, 1.165) is 0 Å². The van der Waals surface area contributed by atoms with E-state index < -0.39 is 110 Å². The molecule has 18 nitrogen and oxygen atoms in total. The highest BCUT2D eigenvalue weighted by atomic mass is 16.7. The lowest BCUT2D eigenvalue weighted by Crippen LogP contribution is -2.67. The molecule has 18 heteroatoms. The van der Waals surface area contributed by atoms with Crippen molar-refractivity contribution < 1.29 is 64.6 Å². The highest BCUT2D eigenvalue weighted by Crippen LogP contribution is 2.36. The maximum absolute atomic E-state index is 12.8. The Morgan fingerprint density at radius 3 is 2.16 bits per heavy atom. The van der Waals surface area contributed by atoms with Crippen molar-refractivity contribution in [1.82, 2.24) is 5.32 Å². The summed E-state index contributed by atoms with van der Waals surface area (Å²) in [6, 6.07) is -3.48. The topological polar surface area (TPSA) is 332 Å². The number of aliphatic hydroxyl groups excluding tert-OH is 8. The monoisotopic (exact) mass is 641 g/mol. The molecule has 3 rings (SSSR count). The van der Waals surface area contributed by atoms with Crippen LogP contribution < -0.4 is 28.3 Å². The molecule has 0 radical (unpaired) electrons. The van der Waals surface area contributed by atoms with Gasteiger partial charge in [-0.15, -0.1) is 0 Å². The van der Waals surface area contributed by atoms with Gasteiger partial charge in [0, 0.05) is 25.6 Å². The number of aliphatic hydroxyl groups is 8. The van der Waals surface area contributed by atoms with Crippen LogP contribution in [0.5, 0.6) is 0 Å². The highest BCUT2D eigenvalue weighted by molar-refractivity contribution is 5.83. The summed E-state index contributed by atoms with van der Waals surface area (Å²) in [6.45, 7) is -0.148. The summed E-state index contributed by atoms with van der Waals surface area (Å²) in [5.41, 5.74) is 23.9. The number of ether oxygens (including phenoxy) is 4. The molecule has 17 N–H and O–H groups in total. The number of carbonyl (C=O) groups is 1. The van der Waals surface area contributed by atoms with Crippen molar-refractivity contribution >= 4 is 5.78 Å². The molecule has 2 aliphatic heterocycles. The van der Waals surface area contributed by atoms with Crippen LogP contribution in [0.4, 0.5) is 0 Å². The summed E-state index contributed by atoms with van der Waals surface area (Å²) in [5.74, 6) is -1.41. The molecule has 0 amide bonds. The fourth-order valence-corrected chi connectivity index (χ4v) is 5.85. The maximum atomic E-state index is 12.8. The first-order valence-corrected chi connectivity index (χ1v) is 15.0. The molecule has 16 atom stereocenters. The molecule has 3 fully saturated rings. The normalized spacial score (nSPS) is 44.0. The molecule has 0 aromatic rings. The van der Waals surface area contributed by atoms with Gasteiger partial charge in [0.2, 0.25) is 0 Å². The van der Waals surface area contributed by atoms with E-state index in [-0.39, 0.29) is 39.0 Å². The zero-order valence-corrected chi connectivity index (χ0v) is 24.5. The molecule has 1 aliphatic carbocycles. The average Bonchev–Trinajstić information content (AvgIpc) is 2.99. The Bertz CT molecular complexity index is 880. The number of rotatable bonds is 15. The molecular weight excluding hydrogens is 590 g/mol. The third-order valence-electron chi connectivity index (χ3n) is 8.54. The smallest absolute Gasteiger partial charge is 0.186 e. The van der Waals surface area contributed by atoms with E-state index in [1.165, 1.54) is 0 Å². The van der Waals surface area contributed by atoms with Crippen LogP contribution in [0.1, 0.15) is 25.7 Å². The Balaban J connectivity index is 1.82. The second-order valence-electron chi connectivity index (χ2n) is 11.8. The molecule has 0 spiro atoms. The van der Waals surface area contributed by atoms with Gasteiger partial charge in [0.15, 0.2) is 18.4 Å². The number of hydrogen-bond donors (Lipinski definition) is 13. The van der Waals surface area contributed by atoms with Crippen molar-refractivity contribution in [1.29, 1.82) is 0 Å². The molecule has 0 bridgehead atoms.